The molecule has 2 aromatic carbocycles. The van der Waals surface area contributed by atoms with E-state index in [9.17, 15) is 31.2 Å². The first kappa shape index (κ1) is 26.7. The lowest BCUT2D eigenvalue weighted by molar-refractivity contribution is -0.137. The van der Waals surface area contributed by atoms with Crippen LogP contribution in [0.1, 0.15) is 36.5 Å². The Bertz CT molecular complexity index is 1160. The number of rotatable bonds is 7. The number of benzene rings is 2. The van der Waals surface area contributed by atoms with Gasteiger partial charge in [-0.25, -0.2) is 8.42 Å². The van der Waals surface area contributed by atoms with Gasteiger partial charge in [0.25, 0.3) is 0 Å². The van der Waals surface area contributed by atoms with E-state index in [1.165, 1.54) is 11.2 Å². The quantitative estimate of drug-likeness (QED) is 0.598. The molecule has 2 N–H and O–H groups in total. The summed E-state index contributed by atoms with van der Waals surface area (Å²) < 4.78 is 65.2. The van der Waals surface area contributed by atoms with Gasteiger partial charge < -0.3 is 10.6 Å². The molecule has 1 saturated heterocycles. The van der Waals surface area contributed by atoms with Crippen LogP contribution in [0.25, 0.3) is 0 Å². The van der Waals surface area contributed by atoms with E-state index < -0.39 is 27.8 Å². The van der Waals surface area contributed by atoms with Gasteiger partial charge in [0, 0.05) is 32.5 Å². The first-order valence-corrected chi connectivity index (χ1v) is 12.6. The average Bonchev–Trinajstić information content (AvgIpc) is 2.79. The van der Waals surface area contributed by atoms with Crippen molar-refractivity contribution in [3.8, 4) is 0 Å². The lowest BCUT2D eigenvalue weighted by atomic mass is 9.99. The first-order chi connectivity index (χ1) is 16.4. The molecular formula is C24H28F3N3O4S. The van der Waals surface area contributed by atoms with E-state index in [2.05, 4.69) is 10.6 Å². The van der Waals surface area contributed by atoms with Crippen molar-refractivity contribution in [2.45, 2.75) is 56.3 Å². The van der Waals surface area contributed by atoms with Crippen molar-refractivity contribution >= 4 is 21.8 Å². The number of nitrogens with zero attached hydrogens (tertiary/aromatic N) is 1. The van der Waals surface area contributed by atoms with Crippen LogP contribution in [0.4, 0.5) is 13.2 Å². The third-order valence-electron chi connectivity index (χ3n) is 6.00. The molecule has 1 atom stereocenters. The number of hydrogen-bond acceptors (Lipinski definition) is 4. The number of alkyl halides is 3. The van der Waals surface area contributed by atoms with Crippen molar-refractivity contribution in [1.29, 1.82) is 0 Å². The molecule has 7 nitrogen and oxygen atoms in total. The summed E-state index contributed by atoms with van der Waals surface area (Å²) in [5.41, 5.74) is 1.01. The van der Waals surface area contributed by atoms with Crippen LogP contribution in [0.3, 0.4) is 0 Å². The number of aryl methyl sites for hydroxylation is 1. The molecule has 35 heavy (non-hydrogen) atoms. The largest absolute Gasteiger partial charge is 0.416 e. The number of halogens is 3. The maximum Gasteiger partial charge on any atom is 0.416 e. The van der Waals surface area contributed by atoms with Crippen LogP contribution < -0.4 is 10.6 Å². The van der Waals surface area contributed by atoms with Crippen molar-refractivity contribution in [1.82, 2.24) is 14.9 Å². The van der Waals surface area contributed by atoms with Crippen LogP contribution in [0.2, 0.25) is 0 Å². The Kier molecular flexibility index (Phi) is 8.22. The molecule has 11 heteroatoms. The highest BCUT2D eigenvalue weighted by atomic mass is 32.2. The summed E-state index contributed by atoms with van der Waals surface area (Å²) in [5.74, 6) is -0.691. The second-order valence-electron chi connectivity index (χ2n) is 8.59. The number of piperidine rings is 1. The Morgan fingerprint density at radius 3 is 2.20 bits per heavy atom. The van der Waals surface area contributed by atoms with Crippen LogP contribution in [-0.4, -0.2) is 49.7 Å². The Morgan fingerprint density at radius 1 is 1.06 bits per heavy atom. The highest BCUT2D eigenvalue weighted by Crippen LogP contribution is 2.30. The molecule has 0 aromatic heterocycles. The molecule has 190 valence electrons. The Balaban J connectivity index is 1.61. The summed E-state index contributed by atoms with van der Waals surface area (Å²) in [6.07, 6.45) is -3.56. The number of sulfonamides is 1. The molecule has 1 aliphatic heterocycles. The lowest BCUT2D eigenvalue weighted by Crippen LogP contribution is -2.53. The van der Waals surface area contributed by atoms with Crippen LogP contribution in [0.5, 0.6) is 0 Å². The lowest BCUT2D eigenvalue weighted by Gasteiger charge is -2.32. The fourth-order valence-corrected chi connectivity index (χ4v) is 5.49. The van der Waals surface area contributed by atoms with Gasteiger partial charge in [-0.15, -0.1) is 0 Å². The minimum Gasteiger partial charge on any atom is -0.351 e. The van der Waals surface area contributed by atoms with E-state index in [-0.39, 0.29) is 35.8 Å². The van der Waals surface area contributed by atoms with Gasteiger partial charge in [0.05, 0.1) is 10.5 Å². The van der Waals surface area contributed by atoms with Gasteiger partial charge in [0.2, 0.25) is 21.8 Å². The molecule has 2 aromatic rings. The number of amides is 2. The maximum absolute atomic E-state index is 12.9. The zero-order chi connectivity index (χ0) is 25.8. The van der Waals surface area contributed by atoms with Crippen LogP contribution in [-0.2, 0) is 32.2 Å². The maximum atomic E-state index is 12.9. The predicted octanol–water partition coefficient (Wildman–Crippen LogP) is 3.03. The van der Waals surface area contributed by atoms with E-state index in [1.54, 1.807) is 0 Å². The van der Waals surface area contributed by atoms with E-state index >= 15 is 0 Å². The normalized spacial score (nSPS) is 16.5. The Hall–Kier alpha value is -2.92. The standard InChI is InChI=1S/C24H28F3N3O4S/c1-16-5-3-4-6-18(16)15-22(28-17(2)31)23(32)29-20-11-13-30(14-12-20)35(33,34)21-9-7-19(8-10-21)24(25,26)27/h3-10,20,22H,11-15H2,1-2H3,(H,28,31)(H,29,32). The summed E-state index contributed by atoms with van der Waals surface area (Å²) in [6, 6.07) is 9.89. The molecule has 1 heterocycles. The summed E-state index contributed by atoms with van der Waals surface area (Å²) in [4.78, 5) is 24.4. The van der Waals surface area contributed by atoms with Crippen LogP contribution in [0, 0.1) is 6.92 Å². The molecule has 0 radical (unpaired) electrons. The number of carbonyl (C=O) groups is 2. The molecule has 1 fully saturated rings. The summed E-state index contributed by atoms with van der Waals surface area (Å²) in [5, 5.41) is 5.58. The molecule has 1 unspecified atom stereocenters. The van der Waals surface area contributed by atoms with E-state index in [1.807, 2.05) is 31.2 Å². The second kappa shape index (κ2) is 10.8. The van der Waals surface area contributed by atoms with Crippen molar-refractivity contribution in [2.24, 2.45) is 0 Å². The monoisotopic (exact) mass is 511 g/mol. The van der Waals surface area contributed by atoms with Crippen LogP contribution in [0.15, 0.2) is 53.4 Å². The Labute approximate surface area is 202 Å². The van der Waals surface area contributed by atoms with Gasteiger partial charge in [-0.2, -0.15) is 17.5 Å². The topological polar surface area (TPSA) is 95.6 Å². The van der Waals surface area contributed by atoms with Gasteiger partial charge in [-0.05, 0) is 55.2 Å². The van der Waals surface area contributed by atoms with Crippen LogP contribution >= 0.6 is 0 Å². The third kappa shape index (κ3) is 6.82. The summed E-state index contributed by atoms with van der Waals surface area (Å²) >= 11 is 0. The van der Waals surface area contributed by atoms with Crippen molar-refractivity contribution in [3.05, 3.63) is 65.2 Å². The van der Waals surface area contributed by atoms with Gasteiger partial charge >= 0.3 is 6.18 Å². The van der Waals surface area contributed by atoms with Gasteiger partial charge in [-0.3, -0.25) is 9.59 Å². The zero-order valence-corrected chi connectivity index (χ0v) is 20.2. The fraction of sp³-hybridized carbons (Fsp3) is 0.417. The SMILES string of the molecule is CC(=O)NC(Cc1ccccc1C)C(=O)NC1CCN(S(=O)(=O)c2ccc(C(F)(F)F)cc2)CC1. The second-order valence-corrected chi connectivity index (χ2v) is 10.5. The van der Waals surface area contributed by atoms with Gasteiger partial charge in [0.15, 0.2) is 0 Å². The molecule has 0 bridgehead atoms. The molecule has 0 saturated carbocycles. The number of hydrogen-bond donors (Lipinski definition) is 2. The molecule has 2 amide bonds. The molecule has 0 aliphatic carbocycles. The van der Waals surface area contributed by atoms with Crippen molar-refractivity contribution in [3.63, 3.8) is 0 Å². The highest BCUT2D eigenvalue weighted by molar-refractivity contribution is 7.89. The number of carbonyl (C=O) groups excluding carboxylic acids is 2. The summed E-state index contributed by atoms with van der Waals surface area (Å²) in [7, 11) is -3.96. The predicted molar refractivity (Wildman–Crippen MR) is 124 cm³/mol. The van der Waals surface area contributed by atoms with Gasteiger partial charge in [-0.1, -0.05) is 24.3 Å². The van der Waals surface area contributed by atoms with Crippen molar-refractivity contribution < 1.29 is 31.2 Å². The first-order valence-electron chi connectivity index (χ1n) is 11.2. The third-order valence-corrected chi connectivity index (χ3v) is 7.91. The summed E-state index contributed by atoms with van der Waals surface area (Å²) in [6.45, 7) is 3.47. The van der Waals surface area contributed by atoms with Crippen molar-refractivity contribution in [2.75, 3.05) is 13.1 Å². The zero-order valence-electron chi connectivity index (χ0n) is 19.4. The smallest absolute Gasteiger partial charge is 0.351 e. The minimum atomic E-state index is -4.55. The van der Waals surface area contributed by atoms with E-state index in [0.717, 1.165) is 35.4 Å². The van der Waals surface area contributed by atoms with E-state index in [0.29, 0.717) is 19.3 Å². The highest BCUT2D eigenvalue weighted by Gasteiger charge is 2.33. The molecule has 1 aliphatic rings. The fourth-order valence-electron chi connectivity index (χ4n) is 4.02. The molecule has 3 rings (SSSR count). The minimum absolute atomic E-state index is 0.108. The average molecular weight is 512 g/mol. The Morgan fingerprint density at radius 2 is 1.66 bits per heavy atom. The molecular weight excluding hydrogens is 483 g/mol. The number of nitrogens with one attached hydrogen (secondary N) is 2. The van der Waals surface area contributed by atoms with Gasteiger partial charge in [0.1, 0.15) is 6.04 Å². The molecule has 0 spiro atoms. The van der Waals surface area contributed by atoms with E-state index in [4.69, 9.17) is 0 Å².